The summed E-state index contributed by atoms with van der Waals surface area (Å²) in [5.74, 6) is 0.164. The van der Waals surface area contributed by atoms with Crippen molar-refractivity contribution in [3.05, 3.63) is 46.2 Å². The van der Waals surface area contributed by atoms with Gasteiger partial charge >= 0.3 is 0 Å². The zero-order valence-electron chi connectivity index (χ0n) is 11.6. The van der Waals surface area contributed by atoms with E-state index in [-0.39, 0.29) is 11.5 Å². The fraction of sp³-hybridized carbons (Fsp3) is 0.357. The van der Waals surface area contributed by atoms with Gasteiger partial charge < -0.3 is 9.80 Å². The number of piperidine rings is 1. The molecule has 1 aromatic rings. The third-order valence-corrected chi connectivity index (χ3v) is 3.17. The number of nitrogens with zero attached hydrogens (tertiary/aromatic N) is 3. The summed E-state index contributed by atoms with van der Waals surface area (Å²) in [6.07, 6.45) is 2.30. The molecule has 0 atom stereocenters. The Bertz CT molecular complexity index is 549. The predicted molar refractivity (Wildman–Crippen MR) is 76.7 cm³/mol. The van der Waals surface area contributed by atoms with E-state index >= 15 is 0 Å². The second-order valence-corrected chi connectivity index (χ2v) is 4.99. The van der Waals surface area contributed by atoms with E-state index in [2.05, 4.69) is 4.90 Å². The van der Waals surface area contributed by atoms with Crippen molar-refractivity contribution < 1.29 is 9.72 Å². The molecule has 1 heterocycles. The van der Waals surface area contributed by atoms with E-state index < -0.39 is 4.92 Å². The minimum absolute atomic E-state index is 0.0749. The fourth-order valence-corrected chi connectivity index (χ4v) is 2.20. The van der Waals surface area contributed by atoms with Crippen molar-refractivity contribution in [2.24, 2.45) is 0 Å². The topological polar surface area (TPSA) is 66.7 Å². The van der Waals surface area contributed by atoms with Crippen LogP contribution in [0.25, 0.3) is 0 Å². The second kappa shape index (κ2) is 5.73. The maximum Gasteiger partial charge on any atom is 0.269 e. The molecule has 106 valence electrons. The van der Waals surface area contributed by atoms with Gasteiger partial charge in [0.15, 0.2) is 5.78 Å². The van der Waals surface area contributed by atoms with Gasteiger partial charge in [-0.1, -0.05) is 0 Å². The number of benzene rings is 1. The first kappa shape index (κ1) is 14.0. The Balaban J connectivity index is 2.17. The molecular weight excluding hydrogens is 258 g/mol. The highest BCUT2D eigenvalue weighted by atomic mass is 16.6. The molecular formula is C14H17N3O3. The first-order valence-electron chi connectivity index (χ1n) is 6.37. The fourth-order valence-electron chi connectivity index (χ4n) is 2.20. The van der Waals surface area contributed by atoms with Crippen LogP contribution in [0, 0.1) is 10.1 Å². The highest BCUT2D eigenvalue weighted by molar-refractivity contribution is 5.97. The van der Waals surface area contributed by atoms with Crippen molar-refractivity contribution in [2.45, 2.75) is 6.42 Å². The molecule has 2 rings (SSSR count). The number of Topliss-reactive ketones (excluding diaryl/α,β-unsaturated/α-hetero) is 1. The summed E-state index contributed by atoms with van der Waals surface area (Å²) < 4.78 is 0. The quantitative estimate of drug-likeness (QED) is 0.478. The lowest BCUT2D eigenvalue weighted by Gasteiger charge is -2.30. The number of hydrogen-bond acceptors (Lipinski definition) is 5. The van der Waals surface area contributed by atoms with Gasteiger partial charge in [0.1, 0.15) is 0 Å². The molecule has 0 N–H and O–H groups in total. The minimum Gasteiger partial charge on any atom is -0.383 e. The first-order chi connectivity index (χ1) is 9.47. The van der Waals surface area contributed by atoms with E-state index in [1.54, 1.807) is 12.1 Å². The number of rotatable bonds is 3. The number of nitro groups is 1. The van der Waals surface area contributed by atoms with Crippen molar-refractivity contribution >= 4 is 17.2 Å². The van der Waals surface area contributed by atoms with Crippen LogP contribution in [0.3, 0.4) is 0 Å². The molecule has 6 heteroatoms. The molecule has 1 aliphatic heterocycles. The van der Waals surface area contributed by atoms with Gasteiger partial charge in [0, 0.05) is 63.2 Å². The van der Waals surface area contributed by atoms with Gasteiger partial charge in [-0.15, -0.1) is 0 Å². The number of nitro benzene ring substituents is 1. The average Bonchev–Trinajstić information content (AvgIpc) is 2.41. The monoisotopic (exact) mass is 275 g/mol. The van der Waals surface area contributed by atoms with E-state index in [0.29, 0.717) is 19.5 Å². The van der Waals surface area contributed by atoms with E-state index in [0.717, 1.165) is 11.3 Å². The lowest BCUT2D eigenvalue weighted by molar-refractivity contribution is -0.384. The van der Waals surface area contributed by atoms with Crippen LogP contribution in [-0.4, -0.2) is 42.8 Å². The average molecular weight is 275 g/mol. The molecule has 6 nitrogen and oxygen atoms in total. The van der Waals surface area contributed by atoms with Gasteiger partial charge in [-0.2, -0.15) is 0 Å². The summed E-state index contributed by atoms with van der Waals surface area (Å²) in [6, 6.07) is 6.42. The molecule has 0 amide bonds. The Labute approximate surface area is 117 Å². The Morgan fingerprint density at radius 1 is 1.30 bits per heavy atom. The zero-order valence-corrected chi connectivity index (χ0v) is 11.6. The Morgan fingerprint density at radius 2 is 1.95 bits per heavy atom. The molecule has 0 aromatic heterocycles. The maximum absolute atomic E-state index is 11.8. The van der Waals surface area contributed by atoms with Crippen molar-refractivity contribution in [2.75, 3.05) is 32.1 Å². The second-order valence-electron chi connectivity index (χ2n) is 4.99. The zero-order chi connectivity index (χ0) is 14.7. The largest absolute Gasteiger partial charge is 0.383 e. The Morgan fingerprint density at radius 3 is 2.50 bits per heavy atom. The number of carbonyl (C=O) groups is 1. The summed E-state index contributed by atoms with van der Waals surface area (Å²) in [4.78, 5) is 26.0. The molecule has 1 aromatic carbocycles. The third-order valence-electron chi connectivity index (χ3n) is 3.17. The van der Waals surface area contributed by atoms with Gasteiger partial charge in [0.2, 0.25) is 0 Å². The van der Waals surface area contributed by atoms with Crippen LogP contribution in [0.4, 0.5) is 11.4 Å². The highest BCUT2D eigenvalue weighted by Crippen LogP contribution is 2.23. The van der Waals surface area contributed by atoms with Crippen molar-refractivity contribution in [3.63, 3.8) is 0 Å². The molecule has 0 spiro atoms. The van der Waals surface area contributed by atoms with Crippen LogP contribution in [0.5, 0.6) is 0 Å². The number of hydrogen-bond donors (Lipinski definition) is 0. The van der Waals surface area contributed by atoms with Gasteiger partial charge in [-0.05, 0) is 12.1 Å². The van der Waals surface area contributed by atoms with E-state index in [9.17, 15) is 14.9 Å². The number of non-ortho nitro benzene ring substituents is 1. The normalized spacial score (nSPS) is 17.4. The number of carbonyl (C=O) groups excluding carboxylic acids is 1. The summed E-state index contributed by atoms with van der Waals surface area (Å²) in [6.45, 7) is 1.18. The summed E-state index contributed by atoms with van der Waals surface area (Å²) in [5.41, 5.74) is 1.73. The third kappa shape index (κ3) is 3.14. The first-order valence-corrected chi connectivity index (χ1v) is 6.37. The molecule has 0 radical (unpaired) electrons. The van der Waals surface area contributed by atoms with Crippen LogP contribution in [0.15, 0.2) is 36.0 Å². The summed E-state index contributed by atoms with van der Waals surface area (Å²) in [5, 5.41) is 10.6. The molecule has 1 saturated heterocycles. The minimum atomic E-state index is -0.416. The van der Waals surface area contributed by atoms with Crippen LogP contribution in [0.1, 0.15) is 6.42 Å². The van der Waals surface area contributed by atoms with Gasteiger partial charge in [-0.25, -0.2) is 0 Å². The lowest BCUT2D eigenvalue weighted by atomic mass is 10.0. The van der Waals surface area contributed by atoms with Crippen molar-refractivity contribution in [3.8, 4) is 0 Å². The molecule has 1 fully saturated rings. The van der Waals surface area contributed by atoms with Crippen LogP contribution >= 0.6 is 0 Å². The van der Waals surface area contributed by atoms with Gasteiger partial charge in [-0.3, -0.25) is 14.9 Å². The summed E-state index contributed by atoms with van der Waals surface area (Å²) >= 11 is 0. The van der Waals surface area contributed by atoms with Gasteiger partial charge in [0.05, 0.1) is 4.92 Å². The van der Waals surface area contributed by atoms with Gasteiger partial charge in [0.25, 0.3) is 5.69 Å². The molecule has 0 aliphatic carbocycles. The molecule has 0 bridgehead atoms. The SMILES string of the molecule is CN(C)/C=C1\CN(c2ccc([N+](=O)[O-])cc2)CCC1=O. The Kier molecular flexibility index (Phi) is 4.02. The van der Waals surface area contributed by atoms with E-state index in [4.69, 9.17) is 0 Å². The number of ketones is 1. The van der Waals surface area contributed by atoms with E-state index in [1.165, 1.54) is 12.1 Å². The molecule has 20 heavy (non-hydrogen) atoms. The van der Waals surface area contributed by atoms with E-state index in [1.807, 2.05) is 25.2 Å². The van der Waals surface area contributed by atoms with Crippen molar-refractivity contribution in [1.29, 1.82) is 0 Å². The predicted octanol–water partition coefficient (Wildman–Crippen LogP) is 1.82. The maximum atomic E-state index is 11.8. The highest BCUT2D eigenvalue weighted by Gasteiger charge is 2.22. The standard InChI is InChI=1S/C14H17N3O3/c1-15(2)9-11-10-16(8-7-14(11)18)12-3-5-13(6-4-12)17(19)20/h3-6,9H,7-8,10H2,1-2H3/b11-9+. The molecule has 0 unspecified atom stereocenters. The molecule has 0 saturated carbocycles. The van der Waals surface area contributed by atoms with Crippen LogP contribution < -0.4 is 4.90 Å². The van der Waals surface area contributed by atoms with Crippen molar-refractivity contribution in [1.82, 2.24) is 4.90 Å². The van der Waals surface area contributed by atoms with Crippen LogP contribution in [0.2, 0.25) is 0 Å². The molecule has 1 aliphatic rings. The smallest absolute Gasteiger partial charge is 0.269 e. The Hall–Kier alpha value is -2.37. The number of anilines is 1. The lowest BCUT2D eigenvalue weighted by Crippen LogP contribution is -2.36. The summed E-state index contributed by atoms with van der Waals surface area (Å²) in [7, 11) is 3.76. The van der Waals surface area contributed by atoms with Crippen LogP contribution in [-0.2, 0) is 4.79 Å².